The van der Waals surface area contributed by atoms with E-state index >= 15 is 0 Å². The average molecular weight is 246 g/mol. The van der Waals surface area contributed by atoms with Gasteiger partial charge in [-0.3, -0.25) is 14.8 Å². The number of hydrogen-bond donors (Lipinski definition) is 1. The molecule has 0 aliphatic heterocycles. The zero-order chi connectivity index (χ0) is 13.1. The SMILES string of the molecule is COc1ccc(C(=O)Cn2c(C)coc2=N)cc1. The molecule has 0 saturated heterocycles. The molecular weight excluding hydrogens is 232 g/mol. The first-order chi connectivity index (χ1) is 8.61. The fourth-order valence-electron chi connectivity index (χ4n) is 1.64. The van der Waals surface area contributed by atoms with Crippen LogP contribution < -0.4 is 10.4 Å². The fourth-order valence-corrected chi connectivity index (χ4v) is 1.64. The number of hydrogen-bond acceptors (Lipinski definition) is 4. The van der Waals surface area contributed by atoms with E-state index in [9.17, 15) is 4.79 Å². The number of ether oxygens (including phenoxy) is 1. The van der Waals surface area contributed by atoms with E-state index in [1.807, 2.05) is 0 Å². The highest BCUT2D eigenvalue weighted by molar-refractivity contribution is 5.96. The van der Waals surface area contributed by atoms with E-state index in [0.29, 0.717) is 11.3 Å². The smallest absolute Gasteiger partial charge is 0.294 e. The lowest BCUT2D eigenvalue weighted by atomic mass is 10.1. The topological polar surface area (TPSA) is 68.2 Å². The number of benzene rings is 1. The highest BCUT2D eigenvalue weighted by Crippen LogP contribution is 2.12. The van der Waals surface area contributed by atoms with Crippen molar-refractivity contribution in [3.63, 3.8) is 0 Å². The Kier molecular flexibility index (Phi) is 3.32. The standard InChI is InChI=1S/C13H14N2O3/c1-9-8-18-13(14)15(9)7-12(16)10-3-5-11(17-2)6-4-10/h3-6,8,14H,7H2,1-2H3. The third-order valence-corrected chi connectivity index (χ3v) is 2.73. The van der Waals surface area contributed by atoms with Crippen LogP contribution >= 0.6 is 0 Å². The van der Waals surface area contributed by atoms with Crippen LogP contribution in [0.5, 0.6) is 5.75 Å². The summed E-state index contributed by atoms with van der Waals surface area (Å²) < 4.78 is 11.5. The van der Waals surface area contributed by atoms with Gasteiger partial charge in [0.15, 0.2) is 5.78 Å². The second-order valence-electron chi connectivity index (χ2n) is 3.92. The third-order valence-electron chi connectivity index (χ3n) is 2.73. The van der Waals surface area contributed by atoms with Crippen molar-refractivity contribution >= 4 is 5.78 Å². The van der Waals surface area contributed by atoms with E-state index in [-0.39, 0.29) is 18.0 Å². The monoisotopic (exact) mass is 246 g/mol. The first-order valence-electron chi connectivity index (χ1n) is 5.48. The van der Waals surface area contributed by atoms with Crippen LogP contribution in [0.15, 0.2) is 34.9 Å². The minimum absolute atomic E-state index is 0.0191. The van der Waals surface area contributed by atoms with Gasteiger partial charge in [0.1, 0.15) is 12.0 Å². The molecule has 0 fully saturated rings. The minimum atomic E-state index is -0.0688. The second kappa shape index (κ2) is 4.91. The molecular formula is C13H14N2O3. The van der Waals surface area contributed by atoms with Gasteiger partial charge in [0.05, 0.1) is 19.3 Å². The zero-order valence-electron chi connectivity index (χ0n) is 10.3. The molecule has 0 saturated carbocycles. The number of aryl methyl sites for hydroxylation is 1. The Hall–Kier alpha value is -2.30. The lowest BCUT2D eigenvalue weighted by Gasteiger charge is -2.04. The van der Waals surface area contributed by atoms with Gasteiger partial charge < -0.3 is 9.15 Å². The minimum Gasteiger partial charge on any atom is -0.497 e. The summed E-state index contributed by atoms with van der Waals surface area (Å²) in [5.74, 6) is 0.639. The molecule has 1 heterocycles. The van der Waals surface area contributed by atoms with Gasteiger partial charge in [0.25, 0.3) is 5.68 Å². The van der Waals surface area contributed by atoms with Crippen molar-refractivity contribution in [3.05, 3.63) is 47.5 Å². The van der Waals surface area contributed by atoms with E-state index in [4.69, 9.17) is 14.6 Å². The summed E-state index contributed by atoms with van der Waals surface area (Å²) in [4.78, 5) is 12.0. The van der Waals surface area contributed by atoms with Crippen molar-refractivity contribution in [2.75, 3.05) is 7.11 Å². The molecule has 0 bridgehead atoms. The summed E-state index contributed by atoms with van der Waals surface area (Å²) >= 11 is 0. The van der Waals surface area contributed by atoms with Gasteiger partial charge in [-0.15, -0.1) is 0 Å². The van der Waals surface area contributed by atoms with Crippen molar-refractivity contribution in [2.24, 2.45) is 0 Å². The highest BCUT2D eigenvalue weighted by atomic mass is 16.5. The predicted molar refractivity (Wildman–Crippen MR) is 64.6 cm³/mol. The Morgan fingerprint density at radius 2 is 2.06 bits per heavy atom. The van der Waals surface area contributed by atoms with Gasteiger partial charge in [-0.05, 0) is 31.2 Å². The molecule has 1 aromatic carbocycles. The number of nitrogens with zero attached hydrogens (tertiary/aromatic N) is 1. The number of nitrogens with one attached hydrogen (secondary N) is 1. The molecule has 94 valence electrons. The summed E-state index contributed by atoms with van der Waals surface area (Å²) in [7, 11) is 1.58. The fraction of sp³-hybridized carbons (Fsp3) is 0.231. The number of methoxy groups -OCH3 is 1. The summed E-state index contributed by atoms with van der Waals surface area (Å²) in [5.41, 5.74) is 1.32. The number of rotatable bonds is 4. The van der Waals surface area contributed by atoms with Gasteiger partial charge in [-0.25, -0.2) is 0 Å². The lowest BCUT2D eigenvalue weighted by Crippen LogP contribution is -2.21. The summed E-state index contributed by atoms with van der Waals surface area (Å²) in [6.07, 6.45) is 1.46. The van der Waals surface area contributed by atoms with Crippen LogP contribution in [0.1, 0.15) is 16.1 Å². The first kappa shape index (κ1) is 12.2. The number of aromatic nitrogens is 1. The summed E-state index contributed by atoms with van der Waals surface area (Å²) in [6.45, 7) is 1.90. The van der Waals surface area contributed by atoms with Gasteiger partial charge in [-0.1, -0.05) is 0 Å². The molecule has 2 aromatic rings. The van der Waals surface area contributed by atoms with Crippen LogP contribution in [0.4, 0.5) is 0 Å². The van der Waals surface area contributed by atoms with E-state index in [0.717, 1.165) is 5.69 Å². The zero-order valence-corrected chi connectivity index (χ0v) is 10.3. The predicted octanol–water partition coefficient (Wildman–Crippen LogP) is 1.76. The molecule has 18 heavy (non-hydrogen) atoms. The quantitative estimate of drug-likeness (QED) is 0.836. The molecule has 0 aliphatic carbocycles. The highest BCUT2D eigenvalue weighted by Gasteiger charge is 2.10. The number of carbonyl (C=O) groups excluding carboxylic acids is 1. The summed E-state index contributed by atoms with van der Waals surface area (Å²) in [5, 5.41) is 7.54. The molecule has 0 unspecified atom stereocenters. The van der Waals surface area contributed by atoms with Crippen LogP contribution in [0, 0.1) is 12.3 Å². The number of oxazole rings is 1. The maximum absolute atomic E-state index is 12.0. The molecule has 1 aromatic heterocycles. The second-order valence-corrected chi connectivity index (χ2v) is 3.92. The van der Waals surface area contributed by atoms with Crippen molar-refractivity contribution in [3.8, 4) is 5.75 Å². The molecule has 5 heteroatoms. The van der Waals surface area contributed by atoms with Gasteiger partial charge in [-0.2, -0.15) is 0 Å². The Morgan fingerprint density at radius 1 is 1.39 bits per heavy atom. The Labute approximate surface area is 104 Å². The summed E-state index contributed by atoms with van der Waals surface area (Å²) in [6, 6.07) is 6.89. The van der Waals surface area contributed by atoms with E-state index in [1.165, 1.54) is 10.8 Å². The van der Waals surface area contributed by atoms with Crippen LogP contribution in [-0.4, -0.2) is 17.5 Å². The number of Topliss-reactive ketones (excluding diaryl/α,β-unsaturated/α-hetero) is 1. The van der Waals surface area contributed by atoms with E-state index in [2.05, 4.69) is 0 Å². The van der Waals surface area contributed by atoms with Crippen LogP contribution in [0.3, 0.4) is 0 Å². The van der Waals surface area contributed by atoms with Gasteiger partial charge >= 0.3 is 0 Å². The molecule has 0 spiro atoms. The first-order valence-corrected chi connectivity index (χ1v) is 5.48. The largest absolute Gasteiger partial charge is 0.497 e. The maximum Gasteiger partial charge on any atom is 0.294 e. The van der Waals surface area contributed by atoms with Crippen molar-refractivity contribution in [1.82, 2.24) is 4.57 Å². The Morgan fingerprint density at radius 3 is 2.56 bits per heavy atom. The van der Waals surface area contributed by atoms with Crippen molar-refractivity contribution in [2.45, 2.75) is 13.5 Å². The molecule has 0 atom stereocenters. The molecule has 0 amide bonds. The van der Waals surface area contributed by atoms with Crippen molar-refractivity contribution < 1.29 is 13.9 Å². The van der Waals surface area contributed by atoms with Crippen LogP contribution in [-0.2, 0) is 6.54 Å². The molecule has 1 N–H and O–H groups in total. The molecule has 5 nitrogen and oxygen atoms in total. The van der Waals surface area contributed by atoms with Crippen LogP contribution in [0.2, 0.25) is 0 Å². The normalized spacial score (nSPS) is 10.3. The molecule has 2 rings (SSSR count). The van der Waals surface area contributed by atoms with E-state index in [1.54, 1.807) is 38.3 Å². The maximum atomic E-state index is 12.0. The number of ketones is 1. The number of carbonyl (C=O) groups is 1. The van der Waals surface area contributed by atoms with Crippen molar-refractivity contribution in [1.29, 1.82) is 5.41 Å². The van der Waals surface area contributed by atoms with E-state index < -0.39 is 0 Å². The van der Waals surface area contributed by atoms with Gasteiger partial charge in [0.2, 0.25) is 0 Å². The third kappa shape index (κ3) is 2.34. The van der Waals surface area contributed by atoms with Gasteiger partial charge in [0, 0.05) is 5.56 Å². The Bertz CT molecular complexity index is 608. The average Bonchev–Trinajstić information content (AvgIpc) is 2.70. The molecule has 0 aliphatic rings. The Balaban J connectivity index is 2.19. The molecule has 0 radical (unpaired) electrons. The lowest BCUT2D eigenvalue weighted by molar-refractivity contribution is 0.0967. The van der Waals surface area contributed by atoms with Crippen LogP contribution in [0.25, 0.3) is 0 Å².